The molecule has 1 amide bonds. The van der Waals surface area contributed by atoms with Crippen LogP contribution in [0.1, 0.15) is 29.5 Å². The zero-order valence-corrected chi connectivity index (χ0v) is 19.2. The summed E-state index contributed by atoms with van der Waals surface area (Å²) in [6.45, 7) is 6.40. The summed E-state index contributed by atoms with van der Waals surface area (Å²) in [6, 6.07) is 18.6. The van der Waals surface area contributed by atoms with Gasteiger partial charge in [-0.15, -0.1) is 0 Å². The molecule has 1 N–H and O–H groups in total. The zero-order valence-electron chi connectivity index (χ0n) is 19.2. The van der Waals surface area contributed by atoms with Crippen molar-refractivity contribution in [2.24, 2.45) is 5.92 Å². The molecular formula is C27H29N5O. The van der Waals surface area contributed by atoms with Crippen molar-refractivity contribution < 1.29 is 4.79 Å². The number of hydrogen-bond acceptors (Lipinski definition) is 4. The Balaban J connectivity index is 1.24. The molecule has 0 aliphatic carbocycles. The van der Waals surface area contributed by atoms with Gasteiger partial charge in [-0.3, -0.25) is 4.79 Å². The molecule has 33 heavy (non-hydrogen) atoms. The summed E-state index contributed by atoms with van der Waals surface area (Å²) in [5.41, 5.74) is 6.70. The summed E-state index contributed by atoms with van der Waals surface area (Å²) in [4.78, 5) is 19.7. The first-order valence-electron chi connectivity index (χ1n) is 11.6. The van der Waals surface area contributed by atoms with Gasteiger partial charge in [0.2, 0.25) is 5.91 Å². The molecule has 1 fully saturated rings. The summed E-state index contributed by atoms with van der Waals surface area (Å²) in [7, 11) is 0. The lowest BCUT2D eigenvalue weighted by atomic mass is 9.95. The molecule has 0 saturated carbocycles. The van der Waals surface area contributed by atoms with Crippen LogP contribution in [-0.4, -0.2) is 33.6 Å². The fourth-order valence-corrected chi connectivity index (χ4v) is 4.50. The van der Waals surface area contributed by atoms with E-state index in [0.29, 0.717) is 6.54 Å². The monoisotopic (exact) mass is 439 g/mol. The SMILES string of the molecule is Cc1ccc(CNC(=O)C2CCN(c3nccn4nc(-c5ccccc5)cc34)CC2)cc1C. The first-order chi connectivity index (χ1) is 16.1. The Morgan fingerprint density at radius 3 is 2.58 bits per heavy atom. The second-order valence-corrected chi connectivity index (χ2v) is 8.87. The third-order valence-electron chi connectivity index (χ3n) is 6.64. The number of fused-ring (bicyclic) bond motifs is 1. The Morgan fingerprint density at radius 2 is 1.82 bits per heavy atom. The Morgan fingerprint density at radius 1 is 1.03 bits per heavy atom. The van der Waals surface area contributed by atoms with Gasteiger partial charge in [-0.1, -0.05) is 48.5 Å². The van der Waals surface area contributed by atoms with Crippen LogP contribution in [0.25, 0.3) is 16.8 Å². The largest absolute Gasteiger partial charge is 0.355 e. The molecule has 6 heteroatoms. The van der Waals surface area contributed by atoms with Gasteiger partial charge in [-0.25, -0.2) is 9.50 Å². The minimum atomic E-state index is 0.0392. The van der Waals surface area contributed by atoms with Crippen LogP contribution in [0, 0.1) is 19.8 Å². The van der Waals surface area contributed by atoms with Gasteiger partial charge in [0.25, 0.3) is 0 Å². The third-order valence-corrected chi connectivity index (χ3v) is 6.64. The van der Waals surface area contributed by atoms with Crippen molar-refractivity contribution in [1.82, 2.24) is 19.9 Å². The van der Waals surface area contributed by atoms with E-state index in [4.69, 9.17) is 5.10 Å². The maximum Gasteiger partial charge on any atom is 0.223 e. The summed E-state index contributed by atoms with van der Waals surface area (Å²) in [5.74, 6) is 1.12. The second kappa shape index (κ2) is 9.06. The Kier molecular flexibility index (Phi) is 5.82. The van der Waals surface area contributed by atoms with Crippen LogP contribution >= 0.6 is 0 Å². The van der Waals surface area contributed by atoms with Gasteiger partial charge in [-0.2, -0.15) is 5.10 Å². The predicted octanol–water partition coefficient (Wildman–Crippen LogP) is 4.55. The lowest BCUT2D eigenvalue weighted by molar-refractivity contribution is -0.125. The van der Waals surface area contributed by atoms with Crippen molar-refractivity contribution in [2.45, 2.75) is 33.2 Å². The van der Waals surface area contributed by atoms with Gasteiger partial charge in [0.15, 0.2) is 5.82 Å². The number of hydrogen-bond donors (Lipinski definition) is 1. The van der Waals surface area contributed by atoms with Crippen LogP contribution in [0.15, 0.2) is 67.0 Å². The molecule has 0 radical (unpaired) electrons. The van der Waals surface area contributed by atoms with Crippen molar-refractivity contribution in [3.63, 3.8) is 0 Å². The number of piperidine rings is 1. The van der Waals surface area contributed by atoms with Crippen molar-refractivity contribution in [3.8, 4) is 11.3 Å². The molecule has 3 heterocycles. The quantitative estimate of drug-likeness (QED) is 0.496. The molecule has 2 aromatic heterocycles. The van der Waals surface area contributed by atoms with E-state index in [1.54, 1.807) is 6.20 Å². The van der Waals surface area contributed by atoms with Crippen LogP contribution in [0.2, 0.25) is 0 Å². The minimum absolute atomic E-state index is 0.0392. The van der Waals surface area contributed by atoms with Gasteiger partial charge >= 0.3 is 0 Å². The highest BCUT2D eigenvalue weighted by Crippen LogP contribution is 2.28. The van der Waals surface area contributed by atoms with Crippen LogP contribution in [0.5, 0.6) is 0 Å². The molecule has 168 valence electrons. The van der Waals surface area contributed by atoms with Crippen molar-refractivity contribution in [3.05, 3.63) is 83.7 Å². The van der Waals surface area contributed by atoms with E-state index in [1.165, 1.54) is 11.1 Å². The molecule has 1 saturated heterocycles. The fraction of sp³-hybridized carbons (Fsp3) is 0.296. The Labute approximate surface area is 194 Å². The summed E-state index contributed by atoms with van der Waals surface area (Å²) >= 11 is 0. The number of nitrogens with one attached hydrogen (secondary N) is 1. The van der Waals surface area contributed by atoms with E-state index < -0.39 is 0 Å². The molecular weight excluding hydrogens is 410 g/mol. The summed E-state index contributed by atoms with van der Waals surface area (Å²) in [5, 5.41) is 7.87. The summed E-state index contributed by atoms with van der Waals surface area (Å²) < 4.78 is 1.90. The van der Waals surface area contributed by atoms with Gasteiger partial charge in [0.1, 0.15) is 5.52 Å². The van der Waals surface area contributed by atoms with Crippen molar-refractivity contribution in [1.29, 1.82) is 0 Å². The highest BCUT2D eigenvalue weighted by Gasteiger charge is 2.26. The normalized spacial score (nSPS) is 14.5. The lowest BCUT2D eigenvalue weighted by Crippen LogP contribution is -2.40. The average Bonchev–Trinajstić information content (AvgIpc) is 3.30. The maximum absolute atomic E-state index is 12.8. The van der Waals surface area contributed by atoms with E-state index >= 15 is 0 Å². The topological polar surface area (TPSA) is 62.5 Å². The van der Waals surface area contributed by atoms with E-state index in [2.05, 4.69) is 65.4 Å². The number of aromatic nitrogens is 3. The highest BCUT2D eigenvalue weighted by molar-refractivity contribution is 5.79. The molecule has 0 spiro atoms. The van der Waals surface area contributed by atoms with Crippen LogP contribution < -0.4 is 10.2 Å². The molecule has 0 bridgehead atoms. The Hall–Kier alpha value is -3.67. The number of rotatable bonds is 5. The zero-order chi connectivity index (χ0) is 22.8. The summed E-state index contributed by atoms with van der Waals surface area (Å²) in [6.07, 6.45) is 5.33. The molecule has 5 rings (SSSR count). The van der Waals surface area contributed by atoms with E-state index in [0.717, 1.165) is 54.1 Å². The third kappa shape index (κ3) is 4.46. The van der Waals surface area contributed by atoms with Gasteiger partial charge in [0, 0.05) is 43.5 Å². The maximum atomic E-state index is 12.8. The smallest absolute Gasteiger partial charge is 0.223 e. The van der Waals surface area contributed by atoms with Gasteiger partial charge < -0.3 is 10.2 Å². The molecule has 2 aromatic carbocycles. The van der Waals surface area contributed by atoms with Gasteiger partial charge in [-0.05, 0) is 49.4 Å². The van der Waals surface area contributed by atoms with Gasteiger partial charge in [0.05, 0.1) is 5.69 Å². The van der Waals surface area contributed by atoms with E-state index in [1.807, 2.05) is 28.9 Å². The number of aryl methyl sites for hydroxylation is 2. The van der Waals surface area contributed by atoms with E-state index in [9.17, 15) is 4.79 Å². The first kappa shape index (κ1) is 21.2. The number of nitrogens with zero attached hydrogens (tertiary/aromatic N) is 4. The average molecular weight is 440 g/mol. The molecule has 1 aliphatic heterocycles. The molecule has 1 aliphatic rings. The van der Waals surface area contributed by atoms with Crippen LogP contribution in [0.4, 0.5) is 5.82 Å². The standard InChI is InChI=1S/C27H29N5O/c1-19-8-9-21(16-20(19)2)18-29-27(33)23-10-13-31(14-11-23)26-25-17-24(22-6-4-3-5-7-22)30-32(25)15-12-28-26/h3-9,12,15-17,23H,10-11,13-14,18H2,1-2H3,(H,29,33). The fourth-order valence-electron chi connectivity index (χ4n) is 4.50. The molecule has 0 unspecified atom stereocenters. The second-order valence-electron chi connectivity index (χ2n) is 8.87. The van der Waals surface area contributed by atoms with Crippen molar-refractivity contribution >= 4 is 17.2 Å². The number of carbonyl (C=O) groups is 1. The number of benzene rings is 2. The van der Waals surface area contributed by atoms with Crippen molar-refractivity contribution in [2.75, 3.05) is 18.0 Å². The van der Waals surface area contributed by atoms with E-state index in [-0.39, 0.29) is 11.8 Å². The first-order valence-corrected chi connectivity index (χ1v) is 11.6. The highest BCUT2D eigenvalue weighted by atomic mass is 16.1. The lowest BCUT2D eigenvalue weighted by Gasteiger charge is -2.32. The van der Waals surface area contributed by atoms with Crippen LogP contribution in [-0.2, 0) is 11.3 Å². The molecule has 4 aromatic rings. The minimum Gasteiger partial charge on any atom is -0.355 e. The Bertz CT molecular complexity index is 1270. The number of carbonyl (C=O) groups excluding carboxylic acids is 1. The number of anilines is 1. The number of amides is 1. The molecule has 6 nitrogen and oxygen atoms in total. The predicted molar refractivity (Wildman–Crippen MR) is 131 cm³/mol. The van der Waals surface area contributed by atoms with Crippen LogP contribution in [0.3, 0.4) is 0 Å². The molecule has 0 atom stereocenters.